The van der Waals surface area contributed by atoms with Gasteiger partial charge in [0.1, 0.15) is 0 Å². The van der Waals surface area contributed by atoms with Crippen LogP contribution >= 0.6 is 0 Å². The maximum absolute atomic E-state index is 10.8. The molecule has 0 amide bonds. The van der Waals surface area contributed by atoms with Crippen LogP contribution in [0.3, 0.4) is 0 Å². The highest BCUT2D eigenvalue weighted by atomic mass is 16.5. The third kappa shape index (κ3) is 2.27. The summed E-state index contributed by atoms with van der Waals surface area (Å²) in [6.07, 6.45) is 1.44. The number of aldehydes is 1. The summed E-state index contributed by atoms with van der Waals surface area (Å²) in [5.74, 6) is 1.06. The van der Waals surface area contributed by atoms with E-state index in [4.69, 9.17) is 15.2 Å². The molecule has 0 unspecified atom stereocenters. The van der Waals surface area contributed by atoms with Crippen molar-refractivity contribution in [2.24, 2.45) is 5.73 Å². The first-order chi connectivity index (χ1) is 7.28. The highest BCUT2D eigenvalue weighted by Gasteiger charge is 2.13. The number of carbonyl (C=O) groups excluding carboxylic acids is 1. The number of hydrogen-bond donors (Lipinski definition) is 1. The lowest BCUT2D eigenvalue weighted by Gasteiger charge is -2.13. The van der Waals surface area contributed by atoms with E-state index in [1.165, 1.54) is 7.11 Å². The number of hydrogen-bond acceptors (Lipinski definition) is 4. The number of methoxy groups -OCH3 is 2. The van der Waals surface area contributed by atoms with E-state index in [0.717, 1.165) is 11.8 Å². The molecule has 4 nitrogen and oxygen atoms in total. The third-order valence-electron chi connectivity index (χ3n) is 2.17. The molecular weight excluding hydrogens is 194 g/mol. The molecule has 15 heavy (non-hydrogen) atoms. The maximum Gasteiger partial charge on any atom is 0.171 e. The summed E-state index contributed by atoms with van der Waals surface area (Å²) < 4.78 is 10.4. The summed E-state index contributed by atoms with van der Waals surface area (Å²) in [4.78, 5) is 10.8. The van der Waals surface area contributed by atoms with Gasteiger partial charge in [0.15, 0.2) is 17.8 Å². The molecule has 0 saturated heterocycles. The van der Waals surface area contributed by atoms with Gasteiger partial charge in [-0.2, -0.15) is 0 Å². The highest BCUT2D eigenvalue weighted by Crippen LogP contribution is 2.33. The average Bonchev–Trinajstić information content (AvgIpc) is 2.28. The van der Waals surface area contributed by atoms with E-state index in [-0.39, 0.29) is 0 Å². The average molecular weight is 209 g/mol. The Morgan fingerprint density at radius 1 is 1.27 bits per heavy atom. The van der Waals surface area contributed by atoms with Gasteiger partial charge >= 0.3 is 0 Å². The molecule has 0 aromatic heterocycles. The van der Waals surface area contributed by atoms with E-state index in [0.29, 0.717) is 30.0 Å². The molecule has 0 bridgehead atoms. The number of ether oxygens (including phenoxy) is 2. The molecule has 1 aromatic carbocycles. The van der Waals surface area contributed by atoms with Gasteiger partial charge in [0.2, 0.25) is 0 Å². The van der Waals surface area contributed by atoms with Crippen LogP contribution in [0.4, 0.5) is 0 Å². The first-order valence-electron chi connectivity index (χ1n) is 4.67. The first kappa shape index (κ1) is 11.5. The number of benzene rings is 1. The Balaban J connectivity index is 3.27. The lowest BCUT2D eigenvalue weighted by atomic mass is 10.1. The van der Waals surface area contributed by atoms with E-state index in [1.54, 1.807) is 13.2 Å². The van der Waals surface area contributed by atoms with Crippen LogP contribution in [0.25, 0.3) is 0 Å². The number of nitrogens with two attached hydrogens (primary N) is 1. The van der Waals surface area contributed by atoms with Crippen LogP contribution in [-0.4, -0.2) is 27.1 Å². The van der Waals surface area contributed by atoms with Crippen LogP contribution in [0.15, 0.2) is 12.1 Å². The highest BCUT2D eigenvalue weighted by molar-refractivity contribution is 5.81. The molecular formula is C11H15NO3. The second kappa shape index (κ2) is 5.36. The van der Waals surface area contributed by atoms with Gasteiger partial charge in [0.05, 0.1) is 19.8 Å². The zero-order chi connectivity index (χ0) is 11.3. The molecule has 0 aliphatic rings. The second-order valence-corrected chi connectivity index (χ2v) is 3.04. The van der Waals surface area contributed by atoms with Crippen molar-refractivity contribution < 1.29 is 14.3 Å². The zero-order valence-electron chi connectivity index (χ0n) is 8.95. The van der Waals surface area contributed by atoms with E-state index < -0.39 is 0 Å². The Hall–Kier alpha value is -1.55. The fraction of sp³-hybridized carbons (Fsp3) is 0.364. The van der Waals surface area contributed by atoms with Crippen molar-refractivity contribution in [1.82, 2.24) is 0 Å². The Morgan fingerprint density at radius 3 is 2.40 bits per heavy atom. The molecule has 0 aliphatic carbocycles. The van der Waals surface area contributed by atoms with Crippen molar-refractivity contribution in [2.75, 3.05) is 20.8 Å². The topological polar surface area (TPSA) is 61.5 Å². The van der Waals surface area contributed by atoms with E-state index >= 15 is 0 Å². The molecule has 0 heterocycles. The summed E-state index contributed by atoms with van der Waals surface area (Å²) in [5, 5.41) is 0. The molecule has 1 rings (SSSR count). The van der Waals surface area contributed by atoms with Crippen molar-refractivity contribution >= 4 is 6.29 Å². The van der Waals surface area contributed by atoms with Crippen molar-refractivity contribution in [2.45, 2.75) is 6.42 Å². The zero-order valence-corrected chi connectivity index (χ0v) is 8.95. The minimum Gasteiger partial charge on any atom is -0.493 e. The summed E-state index contributed by atoms with van der Waals surface area (Å²) in [7, 11) is 3.06. The van der Waals surface area contributed by atoms with Gasteiger partial charge < -0.3 is 15.2 Å². The van der Waals surface area contributed by atoms with Crippen LogP contribution in [0.1, 0.15) is 15.9 Å². The van der Waals surface area contributed by atoms with Gasteiger partial charge in [-0.05, 0) is 24.6 Å². The molecule has 0 spiro atoms. The van der Waals surface area contributed by atoms with Gasteiger partial charge in [-0.15, -0.1) is 0 Å². The van der Waals surface area contributed by atoms with Crippen LogP contribution < -0.4 is 15.2 Å². The molecule has 4 heteroatoms. The number of carbonyl (C=O) groups is 1. The van der Waals surface area contributed by atoms with Crippen LogP contribution in [0.5, 0.6) is 11.5 Å². The quantitative estimate of drug-likeness (QED) is 0.735. The maximum atomic E-state index is 10.8. The van der Waals surface area contributed by atoms with Gasteiger partial charge in [-0.25, -0.2) is 0 Å². The SMILES string of the molecule is COc1c(C=O)ccc(CCN)c1OC. The van der Waals surface area contributed by atoms with E-state index in [2.05, 4.69) is 0 Å². The minimum absolute atomic E-state index is 0.471. The summed E-state index contributed by atoms with van der Waals surface area (Å²) in [5.41, 5.74) is 6.91. The molecule has 0 fully saturated rings. The van der Waals surface area contributed by atoms with Crippen molar-refractivity contribution in [1.29, 1.82) is 0 Å². The molecule has 0 saturated carbocycles. The molecule has 1 aromatic rings. The Kier molecular flexibility index (Phi) is 4.12. The number of rotatable bonds is 5. The molecule has 0 aliphatic heterocycles. The standard InChI is InChI=1S/C11H15NO3/c1-14-10-8(5-6-12)3-4-9(7-13)11(10)15-2/h3-4,7H,5-6,12H2,1-2H3. The third-order valence-corrected chi connectivity index (χ3v) is 2.17. The lowest BCUT2D eigenvalue weighted by Crippen LogP contribution is -2.06. The predicted molar refractivity (Wildman–Crippen MR) is 57.7 cm³/mol. The van der Waals surface area contributed by atoms with Crippen LogP contribution in [0, 0.1) is 0 Å². The summed E-state index contributed by atoms with van der Waals surface area (Å²) >= 11 is 0. The fourth-order valence-corrected chi connectivity index (χ4v) is 1.50. The largest absolute Gasteiger partial charge is 0.493 e. The minimum atomic E-state index is 0.471. The summed E-state index contributed by atoms with van der Waals surface area (Å²) in [6.45, 7) is 0.528. The van der Waals surface area contributed by atoms with Crippen LogP contribution in [0.2, 0.25) is 0 Å². The van der Waals surface area contributed by atoms with Crippen molar-refractivity contribution in [3.8, 4) is 11.5 Å². The fourth-order valence-electron chi connectivity index (χ4n) is 1.50. The molecule has 0 atom stereocenters. The van der Waals surface area contributed by atoms with Gasteiger partial charge in [0, 0.05) is 0 Å². The Morgan fingerprint density at radius 2 is 1.93 bits per heavy atom. The normalized spacial score (nSPS) is 9.80. The van der Waals surface area contributed by atoms with Crippen molar-refractivity contribution in [3.63, 3.8) is 0 Å². The summed E-state index contributed by atoms with van der Waals surface area (Å²) in [6, 6.07) is 3.54. The molecule has 2 N–H and O–H groups in total. The second-order valence-electron chi connectivity index (χ2n) is 3.04. The lowest BCUT2D eigenvalue weighted by molar-refractivity contribution is 0.112. The van der Waals surface area contributed by atoms with Crippen LogP contribution in [-0.2, 0) is 6.42 Å². The Labute approximate surface area is 89.0 Å². The van der Waals surface area contributed by atoms with Gasteiger partial charge in [-0.3, -0.25) is 4.79 Å². The van der Waals surface area contributed by atoms with E-state index in [9.17, 15) is 4.79 Å². The molecule has 0 radical (unpaired) electrons. The monoisotopic (exact) mass is 209 g/mol. The molecule has 82 valence electrons. The predicted octanol–water partition coefficient (Wildman–Crippen LogP) is 1.02. The van der Waals surface area contributed by atoms with Gasteiger partial charge in [0.25, 0.3) is 0 Å². The van der Waals surface area contributed by atoms with E-state index in [1.807, 2.05) is 6.07 Å². The van der Waals surface area contributed by atoms with Gasteiger partial charge in [-0.1, -0.05) is 6.07 Å². The smallest absolute Gasteiger partial charge is 0.171 e. The van der Waals surface area contributed by atoms with Crippen molar-refractivity contribution in [3.05, 3.63) is 23.3 Å². The Bertz CT molecular complexity index is 350. The first-order valence-corrected chi connectivity index (χ1v) is 4.67.